The number of aromatic nitrogens is 3. The molecule has 0 bridgehead atoms. The zero-order valence-electron chi connectivity index (χ0n) is 10.1. The molecule has 0 fully saturated rings. The van der Waals surface area contributed by atoms with Gasteiger partial charge in [-0.3, -0.25) is 4.79 Å². The van der Waals surface area contributed by atoms with Crippen molar-refractivity contribution in [3.05, 3.63) is 29.7 Å². The second kappa shape index (κ2) is 3.84. The molecule has 0 atom stereocenters. The summed E-state index contributed by atoms with van der Waals surface area (Å²) < 4.78 is 1.64. The number of rotatable bonds is 2. The van der Waals surface area contributed by atoms with E-state index in [0.717, 1.165) is 5.82 Å². The highest BCUT2D eigenvalue weighted by Crippen LogP contribution is 2.20. The van der Waals surface area contributed by atoms with E-state index in [9.17, 15) is 4.79 Å². The smallest absolute Gasteiger partial charge is 0.307 e. The van der Waals surface area contributed by atoms with E-state index in [4.69, 9.17) is 5.11 Å². The fourth-order valence-electron chi connectivity index (χ4n) is 1.58. The quantitative estimate of drug-likeness (QED) is 0.856. The summed E-state index contributed by atoms with van der Waals surface area (Å²) in [6.07, 6.45) is 1.75. The molecule has 2 rings (SSSR count). The van der Waals surface area contributed by atoms with E-state index in [-0.39, 0.29) is 11.8 Å². The molecule has 0 unspecified atom stereocenters. The van der Waals surface area contributed by atoms with Crippen LogP contribution < -0.4 is 0 Å². The fourth-order valence-corrected chi connectivity index (χ4v) is 1.58. The van der Waals surface area contributed by atoms with E-state index in [1.165, 1.54) is 0 Å². The minimum atomic E-state index is -0.863. The standard InChI is InChI=1S/C12H15N3O2/c1-12(2,3)11-13-10-8(7-9(16)17)5-4-6-15(10)14-11/h4-6H,7H2,1-3H3,(H,16,17). The van der Waals surface area contributed by atoms with Crippen molar-refractivity contribution in [1.82, 2.24) is 14.6 Å². The lowest BCUT2D eigenvalue weighted by atomic mass is 9.96. The summed E-state index contributed by atoms with van der Waals surface area (Å²) in [6.45, 7) is 6.08. The van der Waals surface area contributed by atoms with Gasteiger partial charge in [0.2, 0.25) is 0 Å². The third kappa shape index (κ3) is 2.27. The fraction of sp³-hybridized carbons (Fsp3) is 0.417. The third-order valence-electron chi connectivity index (χ3n) is 2.46. The van der Waals surface area contributed by atoms with Crippen LogP contribution in [0.3, 0.4) is 0 Å². The largest absolute Gasteiger partial charge is 0.481 e. The Kier molecular flexibility index (Phi) is 2.61. The average Bonchev–Trinajstić information content (AvgIpc) is 2.60. The number of carboxylic acids is 1. The molecule has 5 nitrogen and oxygen atoms in total. The van der Waals surface area contributed by atoms with Crippen LogP contribution in [0.2, 0.25) is 0 Å². The molecule has 0 radical (unpaired) electrons. The minimum absolute atomic E-state index is 0.0351. The zero-order valence-corrected chi connectivity index (χ0v) is 10.1. The van der Waals surface area contributed by atoms with Crippen LogP contribution in [0.4, 0.5) is 0 Å². The maximum absolute atomic E-state index is 10.8. The molecule has 17 heavy (non-hydrogen) atoms. The summed E-state index contributed by atoms with van der Waals surface area (Å²) in [4.78, 5) is 15.2. The molecule has 0 amide bonds. The first-order chi connectivity index (χ1) is 7.88. The van der Waals surface area contributed by atoms with Crippen LogP contribution in [-0.2, 0) is 16.6 Å². The van der Waals surface area contributed by atoms with Gasteiger partial charge < -0.3 is 5.11 Å². The molecule has 0 aliphatic rings. The van der Waals surface area contributed by atoms with Gasteiger partial charge in [-0.15, -0.1) is 0 Å². The SMILES string of the molecule is CC(C)(C)c1nc2c(CC(=O)O)cccn2n1. The molecule has 0 aromatic carbocycles. The number of carbonyl (C=O) groups is 1. The molecule has 5 heteroatoms. The molecule has 2 aromatic rings. The minimum Gasteiger partial charge on any atom is -0.481 e. The van der Waals surface area contributed by atoms with Crippen LogP contribution in [0.15, 0.2) is 18.3 Å². The highest BCUT2D eigenvalue weighted by Gasteiger charge is 2.20. The molecule has 1 N–H and O–H groups in total. The molecule has 0 aliphatic heterocycles. The number of nitrogens with zero attached hydrogens (tertiary/aromatic N) is 3. The molecule has 90 valence electrons. The summed E-state index contributed by atoms with van der Waals surface area (Å²) in [7, 11) is 0. The lowest BCUT2D eigenvalue weighted by Gasteiger charge is -2.11. The second-order valence-electron chi connectivity index (χ2n) is 5.06. The normalized spacial score (nSPS) is 11.9. The molecular weight excluding hydrogens is 218 g/mol. The Hall–Kier alpha value is -1.91. The summed E-state index contributed by atoms with van der Waals surface area (Å²) >= 11 is 0. The van der Waals surface area contributed by atoms with Gasteiger partial charge in [-0.25, -0.2) is 9.50 Å². The van der Waals surface area contributed by atoms with Gasteiger partial charge in [0.1, 0.15) is 0 Å². The van der Waals surface area contributed by atoms with Crippen LogP contribution >= 0.6 is 0 Å². The van der Waals surface area contributed by atoms with E-state index < -0.39 is 5.97 Å². The van der Waals surface area contributed by atoms with Crippen molar-refractivity contribution in [2.75, 3.05) is 0 Å². The first-order valence-corrected chi connectivity index (χ1v) is 5.44. The Morgan fingerprint density at radius 3 is 2.76 bits per heavy atom. The highest BCUT2D eigenvalue weighted by molar-refractivity contribution is 5.73. The summed E-state index contributed by atoms with van der Waals surface area (Å²) in [5.74, 6) is -0.145. The van der Waals surface area contributed by atoms with Gasteiger partial charge >= 0.3 is 5.97 Å². The number of hydrogen-bond acceptors (Lipinski definition) is 3. The molecule has 2 heterocycles. The number of fused-ring (bicyclic) bond motifs is 1. The van der Waals surface area contributed by atoms with E-state index in [1.807, 2.05) is 20.8 Å². The zero-order chi connectivity index (χ0) is 12.6. The van der Waals surface area contributed by atoms with Gasteiger partial charge in [-0.05, 0) is 6.07 Å². The first kappa shape index (κ1) is 11.6. The lowest BCUT2D eigenvalue weighted by molar-refractivity contribution is -0.136. The van der Waals surface area contributed by atoms with Crippen molar-refractivity contribution in [1.29, 1.82) is 0 Å². The monoisotopic (exact) mass is 233 g/mol. The molecular formula is C12H15N3O2. The van der Waals surface area contributed by atoms with Crippen LogP contribution in [0, 0.1) is 0 Å². The molecule has 0 spiro atoms. The summed E-state index contributed by atoms with van der Waals surface area (Å²) in [5.41, 5.74) is 1.16. The summed E-state index contributed by atoms with van der Waals surface area (Å²) in [6, 6.07) is 3.55. The summed E-state index contributed by atoms with van der Waals surface area (Å²) in [5, 5.41) is 13.2. The van der Waals surface area contributed by atoms with E-state index in [1.54, 1.807) is 22.8 Å². The number of pyridine rings is 1. The van der Waals surface area contributed by atoms with Crippen molar-refractivity contribution in [3.8, 4) is 0 Å². The van der Waals surface area contributed by atoms with E-state index >= 15 is 0 Å². The van der Waals surface area contributed by atoms with Crippen molar-refractivity contribution >= 4 is 11.6 Å². The van der Waals surface area contributed by atoms with Gasteiger partial charge in [0, 0.05) is 17.2 Å². The van der Waals surface area contributed by atoms with Gasteiger partial charge in [-0.1, -0.05) is 26.8 Å². The maximum Gasteiger partial charge on any atom is 0.307 e. The Labute approximate surface area is 99.1 Å². The van der Waals surface area contributed by atoms with Crippen molar-refractivity contribution in [3.63, 3.8) is 0 Å². The first-order valence-electron chi connectivity index (χ1n) is 5.44. The molecule has 2 aromatic heterocycles. The van der Waals surface area contributed by atoms with Crippen molar-refractivity contribution in [2.45, 2.75) is 32.6 Å². The predicted molar refractivity (Wildman–Crippen MR) is 63.0 cm³/mol. The number of hydrogen-bond donors (Lipinski definition) is 1. The molecule has 0 saturated heterocycles. The van der Waals surface area contributed by atoms with Crippen molar-refractivity contribution < 1.29 is 9.90 Å². The highest BCUT2D eigenvalue weighted by atomic mass is 16.4. The molecule has 0 aliphatic carbocycles. The number of carboxylic acid groups (broad SMARTS) is 1. The second-order valence-corrected chi connectivity index (χ2v) is 5.06. The van der Waals surface area contributed by atoms with E-state index in [0.29, 0.717) is 11.2 Å². The predicted octanol–water partition coefficient (Wildman–Crippen LogP) is 1.65. The Morgan fingerprint density at radius 2 is 2.18 bits per heavy atom. The van der Waals surface area contributed by atoms with Crippen LogP contribution in [0.5, 0.6) is 0 Å². The average molecular weight is 233 g/mol. The Balaban J connectivity index is 2.57. The van der Waals surface area contributed by atoms with E-state index in [2.05, 4.69) is 10.1 Å². The Bertz CT molecular complexity index is 567. The number of aliphatic carboxylic acids is 1. The van der Waals surface area contributed by atoms with Crippen LogP contribution in [0.25, 0.3) is 5.65 Å². The molecule has 0 saturated carbocycles. The lowest BCUT2D eigenvalue weighted by Crippen LogP contribution is -2.13. The topological polar surface area (TPSA) is 67.5 Å². The third-order valence-corrected chi connectivity index (χ3v) is 2.46. The van der Waals surface area contributed by atoms with Crippen LogP contribution in [-0.4, -0.2) is 25.7 Å². The van der Waals surface area contributed by atoms with Gasteiger partial charge in [0.15, 0.2) is 11.5 Å². The van der Waals surface area contributed by atoms with Crippen LogP contribution in [0.1, 0.15) is 32.2 Å². The van der Waals surface area contributed by atoms with Gasteiger partial charge in [0.25, 0.3) is 0 Å². The Morgan fingerprint density at radius 1 is 1.47 bits per heavy atom. The van der Waals surface area contributed by atoms with Gasteiger partial charge in [0.05, 0.1) is 6.42 Å². The van der Waals surface area contributed by atoms with Gasteiger partial charge in [-0.2, -0.15) is 5.10 Å². The maximum atomic E-state index is 10.8. The van der Waals surface area contributed by atoms with Crippen molar-refractivity contribution in [2.24, 2.45) is 0 Å².